The third kappa shape index (κ3) is 5.68. The van der Waals surface area contributed by atoms with Gasteiger partial charge in [0, 0.05) is 22.7 Å². The molecule has 4 aromatic rings. The van der Waals surface area contributed by atoms with E-state index < -0.39 is 0 Å². The topological polar surface area (TPSA) is 94.0 Å². The number of aryl methyl sites for hydroxylation is 1. The normalized spacial score (nSPS) is 10.9. The molecule has 0 radical (unpaired) electrons. The van der Waals surface area contributed by atoms with Crippen LogP contribution in [-0.2, 0) is 6.54 Å². The molecule has 2 heterocycles. The minimum atomic E-state index is -0.266. The van der Waals surface area contributed by atoms with Crippen molar-refractivity contribution in [3.63, 3.8) is 0 Å². The zero-order valence-electron chi connectivity index (χ0n) is 20.0. The number of benzene rings is 2. The van der Waals surface area contributed by atoms with Gasteiger partial charge in [-0.2, -0.15) is 0 Å². The molecule has 0 bridgehead atoms. The molecule has 0 aliphatic carbocycles. The molecule has 35 heavy (non-hydrogen) atoms. The molecule has 2 aromatic carbocycles. The van der Waals surface area contributed by atoms with Gasteiger partial charge in [-0.3, -0.25) is 4.79 Å². The van der Waals surface area contributed by atoms with E-state index in [4.69, 9.17) is 4.74 Å². The van der Waals surface area contributed by atoms with Crippen LogP contribution >= 0.6 is 15.9 Å². The van der Waals surface area contributed by atoms with E-state index in [1.807, 2.05) is 73.9 Å². The van der Waals surface area contributed by atoms with Gasteiger partial charge in [-0.05, 0) is 68.3 Å². The molecular weight excluding hydrogens is 508 g/mol. The summed E-state index contributed by atoms with van der Waals surface area (Å²) < 4.78 is 8.01. The molecule has 0 spiro atoms. The summed E-state index contributed by atoms with van der Waals surface area (Å²) in [5.74, 6) is 1.62. The predicted molar refractivity (Wildman–Crippen MR) is 141 cm³/mol. The van der Waals surface area contributed by atoms with Crippen LogP contribution in [0, 0.1) is 6.92 Å². The number of nitrogens with one attached hydrogen (secondary N) is 2. The molecule has 0 saturated heterocycles. The van der Waals surface area contributed by atoms with Gasteiger partial charge in [-0.1, -0.05) is 34.1 Å². The van der Waals surface area contributed by atoms with Gasteiger partial charge in [0.25, 0.3) is 5.91 Å². The number of hydrogen-bond donors (Lipinski definition) is 2. The van der Waals surface area contributed by atoms with Crippen molar-refractivity contribution >= 4 is 33.3 Å². The molecule has 2 N–H and O–H groups in total. The number of carbonyl (C=O) groups excluding carboxylic acids is 1. The highest BCUT2D eigenvalue weighted by atomic mass is 79.9. The Morgan fingerprint density at radius 2 is 1.91 bits per heavy atom. The molecule has 180 valence electrons. The van der Waals surface area contributed by atoms with Gasteiger partial charge in [0.15, 0.2) is 5.82 Å². The second-order valence-electron chi connectivity index (χ2n) is 8.37. The quantitative estimate of drug-likeness (QED) is 0.293. The zero-order chi connectivity index (χ0) is 24.9. The van der Waals surface area contributed by atoms with E-state index in [-0.39, 0.29) is 11.9 Å². The standard InChI is InChI=1S/C26H27BrN6O2/c1-16(2)33-15-29-32-25(33)22-6-5-7-24(30-22)31-26(34)20-13-21(27)17(3)12-23(20)28-14-18-8-10-19(35-4)11-9-18/h5-13,15-16,28H,14H2,1-4H3,(H,30,31,34). The fraction of sp³-hybridized carbons (Fsp3) is 0.231. The van der Waals surface area contributed by atoms with E-state index in [9.17, 15) is 4.79 Å². The first-order chi connectivity index (χ1) is 16.9. The lowest BCUT2D eigenvalue weighted by atomic mass is 10.1. The number of halogens is 1. The first-order valence-electron chi connectivity index (χ1n) is 11.2. The molecule has 9 heteroatoms. The summed E-state index contributed by atoms with van der Waals surface area (Å²) in [6.07, 6.45) is 1.68. The highest BCUT2D eigenvalue weighted by Gasteiger charge is 2.16. The molecule has 0 saturated carbocycles. The van der Waals surface area contributed by atoms with Crippen LogP contribution < -0.4 is 15.4 Å². The molecule has 4 rings (SSSR count). The van der Waals surface area contributed by atoms with Crippen LogP contribution in [0.1, 0.15) is 41.4 Å². The molecule has 8 nitrogen and oxygen atoms in total. The monoisotopic (exact) mass is 534 g/mol. The first-order valence-corrected chi connectivity index (χ1v) is 12.0. The summed E-state index contributed by atoms with van der Waals surface area (Å²) in [5, 5.41) is 14.5. The number of methoxy groups -OCH3 is 1. The third-order valence-corrected chi connectivity index (χ3v) is 6.39. The second kappa shape index (κ2) is 10.7. The lowest BCUT2D eigenvalue weighted by Crippen LogP contribution is -2.16. The van der Waals surface area contributed by atoms with Gasteiger partial charge in [-0.25, -0.2) is 4.98 Å². The Bertz CT molecular complexity index is 1330. The summed E-state index contributed by atoms with van der Waals surface area (Å²) in [6.45, 7) is 6.65. The van der Waals surface area contributed by atoms with Crippen LogP contribution in [0.4, 0.5) is 11.5 Å². The minimum absolute atomic E-state index is 0.185. The zero-order valence-corrected chi connectivity index (χ0v) is 21.6. The molecular formula is C26H27BrN6O2. The van der Waals surface area contributed by atoms with Gasteiger partial charge in [0.2, 0.25) is 0 Å². The maximum Gasteiger partial charge on any atom is 0.258 e. The number of anilines is 2. The average Bonchev–Trinajstić information content (AvgIpc) is 3.35. The Hall–Kier alpha value is -3.72. The summed E-state index contributed by atoms with van der Waals surface area (Å²) in [7, 11) is 1.64. The number of carbonyl (C=O) groups is 1. The smallest absolute Gasteiger partial charge is 0.258 e. The van der Waals surface area contributed by atoms with Crippen LogP contribution in [0.25, 0.3) is 11.5 Å². The van der Waals surface area contributed by atoms with E-state index in [1.54, 1.807) is 19.5 Å². The summed E-state index contributed by atoms with van der Waals surface area (Å²) in [4.78, 5) is 17.9. The number of nitrogens with zero attached hydrogens (tertiary/aromatic N) is 4. The van der Waals surface area contributed by atoms with Gasteiger partial charge >= 0.3 is 0 Å². The molecule has 0 aliphatic rings. The van der Waals surface area contributed by atoms with Crippen molar-refractivity contribution in [3.8, 4) is 17.3 Å². The number of amides is 1. The predicted octanol–water partition coefficient (Wildman–Crippen LogP) is 5.86. The summed E-state index contributed by atoms with van der Waals surface area (Å²) in [6, 6.07) is 17.2. The highest BCUT2D eigenvalue weighted by Crippen LogP contribution is 2.27. The fourth-order valence-electron chi connectivity index (χ4n) is 3.57. The van der Waals surface area contributed by atoms with Gasteiger partial charge in [-0.15, -0.1) is 10.2 Å². The van der Waals surface area contributed by atoms with Crippen LogP contribution in [0.2, 0.25) is 0 Å². The maximum absolute atomic E-state index is 13.3. The molecule has 0 fully saturated rings. The minimum Gasteiger partial charge on any atom is -0.497 e. The Labute approximate surface area is 212 Å². The van der Waals surface area contributed by atoms with E-state index >= 15 is 0 Å². The van der Waals surface area contributed by atoms with Crippen molar-refractivity contribution in [2.45, 2.75) is 33.4 Å². The van der Waals surface area contributed by atoms with Crippen molar-refractivity contribution < 1.29 is 9.53 Å². The SMILES string of the molecule is COc1ccc(CNc2cc(C)c(Br)cc2C(=O)Nc2cccc(-c3nncn3C(C)C)n2)cc1. The van der Waals surface area contributed by atoms with Crippen molar-refractivity contribution in [1.82, 2.24) is 19.7 Å². The van der Waals surface area contributed by atoms with Crippen molar-refractivity contribution in [2.75, 3.05) is 17.7 Å². The van der Waals surface area contributed by atoms with Crippen molar-refractivity contribution in [3.05, 3.63) is 82.1 Å². The number of hydrogen-bond acceptors (Lipinski definition) is 6. The van der Waals surface area contributed by atoms with Crippen LogP contribution in [0.3, 0.4) is 0 Å². The largest absolute Gasteiger partial charge is 0.497 e. The average molecular weight is 535 g/mol. The third-order valence-electron chi connectivity index (χ3n) is 5.53. The Morgan fingerprint density at radius 3 is 2.63 bits per heavy atom. The van der Waals surface area contributed by atoms with Crippen molar-refractivity contribution in [1.29, 1.82) is 0 Å². The highest BCUT2D eigenvalue weighted by molar-refractivity contribution is 9.10. The molecule has 0 atom stereocenters. The number of pyridine rings is 1. The van der Waals surface area contributed by atoms with E-state index in [2.05, 4.69) is 41.7 Å². The Morgan fingerprint density at radius 1 is 1.14 bits per heavy atom. The Kier molecular flexibility index (Phi) is 7.45. The second-order valence-corrected chi connectivity index (χ2v) is 9.22. The molecule has 0 unspecified atom stereocenters. The summed E-state index contributed by atoms with van der Waals surface area (Å²) in [5.41, 5.74) is 3.97. The lowest BCUT2D eigenvalue weighted by molar-refractivity contribution is 0.102. The fourth-order valence-corrected chi connectivity index (χ4v) is 3.92. The van der Waals surface area contributed by atoms with Gasteiger partial charge in [0.05, 0.1) is 12.7 Å². The maximum atomic E-state index is 13.3. The van der Waals surface area contributed by atoms with Gasteiger partial charge in [0.1, 0.15) is 23.6 Å². The molecule has 0 aliphatic heterocycles. The summed E-state index contributed by atoms with van der Waals surface area (Å²) >= 11 is 3.55. The van der Waals surface area contributed by atoms with E-state index in [1.165, 1.54) is 0 Å². The number of rotatable bonds is 8. The van der Waals surface area contributed by atoms with Crippen LogP contribution in [0.5, 0.6) is 5.75 Å². The van der Waals surface area contributed by atoms with Crippen molar-refractivity contribution in [2.24, 2.45) is 0 Å². The first kappa shape index (κ1) is 24.4. The van der Waals surface area contributed by atoms with E-state index in [0.29, 0.717) is 29.4 Å². The van der Waals surface area contributed by atoms with Crippen LogP contribution in [-0.4, -0.2) is 32.8 Å². The molecule has 2 aromatic heterocycles. The lowest BCUT2D eigenvalue weighted by Gasteiger charge is -2.15. The number of aromatic nitrogens is 4. The molecule has 1 amide bonds. The van der Waals surface area contributed by atoms with Crippen LogP contribution in [0.15, 0.2) is 65.4 Å². The Balaban J connectivity index is 1.56. The van der Waals surface area contributed by atoms with E-state index in [0.717, 1.165) is 27.0 Å². The van der Waals surface area contributed by atoms with Gasteiger partial charge < -0.3 is 19.9 Å². The number of ether oxygens (including phenoxy) is 1.